The smallest absolute Gasteiger partial charge is 0.141 e. The van der Waals surface area contributed by atoms with Crippen LogP contribution in [0.1, 0.15) is 19.8 Å². The van der Waals surface area contributed by atoms with Gasteiger partial charge in [-0.1, -0.05) is 6.92 Å². The van der Waals surface area contributed by atoms with Crippen LogP contribution in [-0.2, 0) is 4.79 Å². The van der Waals surface area contributed by atoms with Crippen LogP contribution >= 0.6 is 0 Å². The molecule has 0 N–H and O–H groups in total. The van der Waals surface area contributed by atoms with Gasteiger partial charge in [-0.25, -0.2) is 0 Å². The number of carbonyl (C=O) groups is 1. The summed E-state index contributed by atoms with van der Waals surface area (Å²) in [5.41, 5.74) is 0.163. The van der Waals surface area contributed by atoms with Crippen LogP contribution in [0.25, 0.3) is 0 Å². The van der Waals surface area contributed by atoms with Crippen LogP contribution in [0.2, 0.25) is 0 Å². The first kappa shape index (κ1) is 6.35. The van der Waals surface area contributed by atoms with Crippen molar-refractivity contribution in [3.05, 3.63) is 0 Å². The molecule has 0 aromatic heterocycles. The Labute approximate surface area is 61.2 Å². The molecule has 0 atom stereocenters. The van der Waals surface area contributed by atoms with Crippen LogP contribution in [0.5, 0.6) is 0 Å². The minimum atomic E-state index is 0.163. The van der Waals surface area contributed by atoms with Crippen LogP contribution in [0.4, 0.5) is 0 Å². The monoisotopic (exact) mass is 139 g/mol. The molecule has 0 unspecified atom stereocenters. The topological polar surface area (TPSA) is 20.3 Å². The maximum atomic E-state index is 11.1. The normalized spacial score (nSPS) is 29.9. The van der Waals surface area contributed by atoms with Crippen LogP contribution in [0, 0.1) is 5.41 Å². The van der Waals surface area contributed by atoms with Crippen molar-refractivity contribution in [2.75, 3.05) is 19.6 Å². The largest absolute Gasteiger partial charge is 0.302 e. The maximum absolute atomic E-state index is 11.1. The third-order valence-electron chi connectivity index (χ3n) is 2.92. The van der Waals surface area contributed by atoms with E-state index in [4.69, 9.17) is 0 Å². The standard InChI is InChI=1S/C8H13NO/c1-2-9-5-8(6-9)4-3-7(8)10/h2-6H2,1H3. The highest BCUT2D eigenvalue weighted by Gasteiger charge is 2.53. The molecule has 10 heavy (non-hydrogen) atoms. The third-order valence-corrected chi connectivity index (χ3v) is 2.92. The summed E-state index contributed by atoms with van der Waals surface area (Å²) in [6, 6.07) is 0. The van der Waals surface area contributed by atoms with Crippen molar-refractivity contribution < 1.29 is 4.79 Å². The summed E-state index contributed by atoms with van der Waals surface area (Å²) in [6.45, 7) is 5.34. The van der Waals surface area contributed by atoms with E-state index in [0.717, 1.165) is 32.5 Å². The molecular formula is C8H13NO. The number of likely N-dealkylation sites (tertiary alicyclic amines) is 1. The van der Waals surface area contributed by atoms with Crippen LogP contribution in [0.15, 0.2) is 0 Å². The molecule has 2 aliphatic rings. The molecule has 2 nitrogen and oxygen atoms in total. The van der Waals surface area contributed by atoms with Crippen LogP contribution in [0.3, 0.4) is 0 Å². The predicted octanol–water partition coefficient (Wildman–Crippen LogP) is 0.671. The number of carbonyl (C=O) groups excluding carboxylic acids is 1. The van der Waals surface area contributed by atoms with Crippen molar-refractivity contribution in [1.82, 2.24) is 4.90 Å². The SMILES string of the molecule is CCN1CC2(CCC2=O)C1. The zero-order valence-electron chi connectivity index (χ0n) is 6.39. The van der Waals surface area contributed by atoms with E-state index in [1.807, 2.05) is 0 Å². The Morgan fingerprint density at radius 1 is 1.60 bits per heavy atom. The molecule has 1 saturated carbocycles. The molecule has 0 aromatic rings. The number of rotatable bonds is 1. The zero-order chi connectivity index (χ0) is 7.19. The fraction of sp³-hybridized carbons (Fsp3) is 0.875. The van der Waals surface area contributed by atoms with Gasteiger partial charge in [-0.15, -0.1) is 0 Å². The summed E-state index contributed by atoms with van der Waals surface area (Å²) < 4.78 is 0. The molecule has 2 heteroatoms. The molecular weight excluding hydrogens is 126 g/mol. The second-order valence-corrected chi connectivity index (χ2v) is 3.51. The molecule has 2 fully saturated rings. The van der Waals surface area contributed by atoms with Crippen molar-refractivity contribution in [2.24, 2.45) is 5.41 Å². The summed E-state index contributed by atoms with van der Waals surface area (Å²) in [6.07, 6.45) is 2.00. The molecule has 1 aliphatic heterocycles. The highest BCUT2D eigenvalue weighted by Crippen LogP contribution is 2.44. The Bertz CT molecular complexity index is 170. The minimum Gasteiger partial charge on any atom is -0.302 e. The zero-order valence-corrected chi connectivity index (χ0v) is 6.39. The first-order valence-electron chi connectivity index (χ1n) is 4.02. The van der Waals surface area contributed by atoms with Gasteiger partial charge in [-0.05, 0) is 13.0 Å². The van der Waals surface area contributed by atoms with Gasteiger partial charge < -0.3 is 4.90 Å². The van der Waals surface area contributed by atoms with E-state index in [1.165, 1.54) is 0 Å². The second-order valence-electron chi connectivity index (χ2n) is 3.51. The first-order valence-corrected chi connectivity index (χ1v) is 4.02. The molecule has 0 bridgehead atoms. The molecule has 1 aliphatic carbocycles. The molecule has 2 rings (SSSR count). The molecule has 1 heterocycles. The summed E-state index contributed by atoms with van der Waals surface area (Å²) in [7, 11) is 0. The molecule has 1 spiro atoms. The number of hydrogen-bond donors (Lipinski definition) is 0. The van der Waals surface area contributed by atoms with Gasteiger partial charge in [0.15, 0.2) is 0 Å². The predicted molar refractivity (Wildman–Crippen MR) is 38.8 cm³/mol. The highest BCUT2D eigenvalue weighted by atomic mass is 16.1. The molecule has 0 radical (unpaired) electrons. The van der Waals surface area contributed by atoms with E-state index in [2.05, 4.69) is 11.8 Å². The number of ketones is 1. The quantitative estimate of drug-likeness (QED) is 0.532. The van der Waals surface area contributed by atoms with E-state index in [9.17, 15) is 4.79 Å². The molecule has 0 amide bonds. The van der Waals surface area contributed by atoms with Gasteiger partial charge in [-0.3, -0.25) is 4.79 Å². The van der Waals surface area contributed by atoms with E-state index < -0.39 is 0 Å². The van der Waals surface area contributed by atoms with Gasteiger partial charge in [-0.2, -0.15) is 0 Å². The van der Waals surface area contributed by atoms with Gasteiger partial charge in [0.2, 0.25) is 0 Å². The fourth-order valence-corrected chi connectivity index (χ4v) is 1.95. The van der Waals surface area contributed by atoms with E-state index >= 15 is 0 Å². The summed E-state index contributed by atoms with van der Waals surface area (Å²) in [4.78, 5) is 13.4. The Balaban J connectivity index is 1.94. The van der Waals surface area contributed by atoms with Crippen molar-refractivity contribution in [3.63, 3.8) is 0 Å². The Morgan fingerprint density at radius 3 is 2.60 bits per heavy atom. The van der Waals surface area contributed by atoms with Crippen molar-refractivity contribution in [1.29, 1.82) is 0 Å². The third kappa shape index (κ3) is 0.601. The van der Waals surface area contributed by atoms with Gasteiger partial charge in [0, 0.05) is 19.5 Å². The lowest BCUT2D eigenvalue weighted by atomic mass is 9.62. The molecule has 56 valence electrons. The van der Waals surface area contributed by atoms with Crippen molar-refractivity contribution in [2.45, 2.75) is 19.8 Å². The number of hydrogen-bond acceptors (Lipinski definition) is 2. The first-order chi connectivity index (χ1) is 4.77. The summed E-state index contributed by atoms with van der Waals surface area (Å²) in [5, 5.41) is 0. The van der Waals surface area contributed by atoms with E-state index in [0.29, 0.717) is 5.78 Å². The van der Waals surface area contributed by atoms with Crippen molar-refractivity contribution in [3.8, 4) is 0 Å². The molecule has 0 aromatic carbocycles. The summed E-state index contributed by atoms with van der Waals surface area (Å²) >= 11 is 0. The maximum Gasteiger partial charge on any atom is 0.141 e. The Morgan fingerprint density at radius 2 is 2.30 bits per heavy atom. The van der Waals surface area contributed by atoms with Crippen LogP contribution in [-0.4, -0.2) is 30.3 Å². The van der Waals surface area contributed by atoms with Gasteiger partial charge in [0.25, 0.3) is 0 Å². The lowest BCUT2D eigenvalue weighted by molar-refractivity contribution is -0.152. The van der Waals surface area contributed by atoms with Gasteiger partial charge >= 0.3 is 0 Å². The minimum absolute atomic E-state index is 0.163. The van der Waals surface area contributed by atoms with Gasteiger partial charge in [0.05, 0.1) is 5.41 Å². The Kier molecular flexibility index (Phi) is 1.15. The average molecular weight is 139 g/mol. The fourth-order valence-electron chi connectivity index (χ4n) is 1.95. The highest BCUT2D eigenvalue weighted by molar-refractivity contribution is 5.91. The van der Waals surface area contributed by atoms with Crippen LogP contribution < -0.4 is 0 Å². The number of nitrogens with zero attached hydrogens (tertiary/aromatic N) is 1. The average Bonchev–Trinajstić information content (AvgIpc) is 1.83. The lowest BCUT2D eigenvalue weighted by Gasteiger charge is -2.54. The molecule has 1 saturated heterocycles. The van der Waals surface area contributed by atoms with E-state index in [-0.39, 0.29) is 5.41 Å². The lowest BCUT2D eigenvalue weighted by Crippen LogP contribution is -2.64. The van der Waals surface area contributed by atoms with Gasteiger partial charge in [0.1, 0.15) is 5.78 Å². The number of Topliss-reactive ketones (excluding diaryl/α,β-unsaturated/α-hetero) is 1. The Hall–Kier alpha value is -0.370. The van der Waals surface area contributed by atoms with E-state index in [1.54, 1.807) is 0 Å². The second kappa shape index (κ2) is 1.82. The summed E-state index contributed by atoms with van der Waals surface area (Å²) in [5.74, 6) is 0.511. The van der Waals surface area contributed by atoms with Crippen molar-refractivity contribution >= 4 is 5.78 Å².